The quantitative estimate of drug-likeness (QED) is 0.754. The molecule has 98 valence electrons. The van der Waals surface area contributed by atoms with Gasteiger partial charge >= 0.3 is 0 Å². The van der Waals surface area contributed by atoms with Crippen molar-refractivity contribution >= 4 is 17.6 Å². The van der Waals surface area contributed by atoms with Crippen LogP contribution in [0.3, 0.4) is 0 Å². The highest BCUT2D eigenvalue weighted by Crippen LogP contribution is 2.18. The highest BCUT2D eigenvalue weighted by atomic mass is 15.2. The Morgan fingerprint density at radius 3 is 2.50 bits per heavy atom. The molecule has 0 aliphatic rings. The minimum absolute atomic E-state index is 0.164. The first-order valence-corrected chi connectivity index (χ1v) is 6.05. The van der Waals surface area contributed by atoms with Crippen LogP contribution >= 0.6 is 0 Å². The van der Waals surface area contributed by atoms with E-state index in [1.807, 2.05) is 42.5 Å². The Morgan fingerprint density at radius 1 is 0.900 bits per heavy atom. The number of rotatable bonds is 3. The number of nitrogens with two attached hydrogens (primary N) is 1. The van der Waals surface area contributed by atoms with E-state index in [-0.39, 0.29) is 5.95 Å². The maximum Gasteiger partial charge on any atom is 0.232 e. The summed E-state index contributed by atoms with van der Waals surface area (Å²) in [4.78, 5) is 16.6. The Bertz CT molecular complexity index is 699. The Balaban J connectivity index is 1.95. The van der Waals surface area contributed by atoms with E-state index in [0.29, 0.717) is 11.8 Å². The highest BCUT2D eigenvalue weighted by Gasteiger charge is 2.07. The topological polar surface area (TPSA) is 89.6 Å². The number of hydrogen-bond donors (Lipinski definition) is 2. The van der Waals surface area contributed by atoms with Crippen molar-refractivity contribution in [3.8, 4) is 11.4 Å². The zero-order valence-corrected chi connectivity index (χ0v) is 10.6. The maximum atomic E-state index is 5.73. The van der Waals surface area contributed by atoms with Crippen molar-refractivity contribution < 1.29 is 0 Å². The summed E-state index contributed by atoms with van der Waals surface area (Å²) in [6, 6.07) is 13.3. The minimum Gasteiger partial charge on any atom is -0.368 e. The standard InChI is InChI=1S/C14H12N6/c15-13-18-12(10-5-4-8-16-9-10)19-14(20-13)17-11-6-2-1-3-7-11/h1-9H,(H3,15,17,18,19,20). The number of para-hydroxylation sites is 1. The van der Waals surface area contributed by atoms with Gasteiger partial charge in [0.2, 0.25) is 11.9 Å². The van der Waals surface area contributed by atoms with E-state index >= 15 is 0 Å². The minimum atomic E-state index is 0.164. The average Bonchev–Trinajstić information content (AvgIpc) is 2.49. The highest BCUT2D eigenvalue weighted by molar-refractivity contribution is 5.59. The molecule has 6 nitrogen and oxygen atoms in total. The summed E-state index contributed by atoms with van der Waals surface area (Å²) < 4.78 is 0. The summed E-state index contributed by atoms with van der Waals surface area (Å²) in [5, 5.41) is 3.09. The van der Waals surface area contributed by atoms with Gasteiger partial charge in [-0.05, 0) is 24.3 Å². The first-order valence-electron chi connectivity index (χ1n) is 6.05. The number of hydrogen-bond acceptors (Lipinski definition) is 6. The molecule has 0 aliphatic heterocycles. The van der Waals surface area contributed by atoms with Gasteiger partial charge in [-0.25, -0.2) is 0 Å². The molecular formula is C14H12N6. The smallest absolute Gasteiger partial charge is 0.232 e. The summed E-state index contributed by atoms with van der Waals surface area (Å²) in [5.74, 6) is 1.06. The van der Waals surface area contributed by atoms with E-state index in [9.17, 15) is 0 Å². The lowest BCUT2D eigenvalue weighted by molar-refractivity contribution is 1.07. The predicted octanol–water partition coefficient (Wildman–Crippen LogP) is 2.26. The molecule has 0 fully saturated rings. The van der Waals surface area contributed by atoms with Gasteiger partial charge in [0.1, 0.15) is 0 Å². The van der Waals surface area contributed by atoms with Crippen molar-refractivity contribution in [1.82, 2.24) is 19.9 Å². The molecule has 0 unspecified atom stereocenters. The first kappa shape index (κ1) is 12.0. The van der Waals surface area contributed by atoms with Crippen LogP contribution in [0.4, 0.5) is 17.6 Å². The number of pyridine rings is 1. The molecule has 3 N–H and O–H groups in total. The average molecular weight is 264 g/mol. The number of anilines is 3. The van der Waals surface area contributed by atoms with Crippen molar-refractivity contribution in [2.45, 2.75) is 0 Å². The van der Waals surface area contributed by atoms with Crippen molar-refractivity contribution in [3.63, 3.8) is 0 Å². The third-order valence-electron chi connectivity index (χ3n) is 2.60. The zero-order valence-electron chi connectivity index (χ0n) is 10.6. The van der Waals surface area contributed by atoms with Crippen LogP contribution in [0.5, 0.6) is 0 Å². The Labute approximate surface area is 115 Å². The van der Waals surface area contributed by atoms with E-state index in [2.05, 4.69) is 25.3 Å². The number of benzene rings is 1. The maximum absolute atomic E-state index is 5.73. The molecule has 0 radical (unpaired) electrons. The van der Waals surface area contributed by atoms with Crippen LogP contribution in [0.15, 0.2) is 54.9 Å². The second-order valence-electron chi connectivity index (χ2n) is 4.07. The third kappa shape index (κ3) is 2.69. The largest absolute Gasteiger partial charge is 0.368 e. The molecular weight excluding hydrogens is 252 g/mol. The van der Waals surface area contributed by atoms with Crippen LogP contribution in [0.1, 0.15) is 0 Å². The van der Waals surface area contributed by atoms with Crippen molar-refractivity contribution in [1.29, 1.82) is 0 Å². The molecule has 20 heavy (non-hydrogen) atoms. The number of nitrogens with one attached hydrogen (secondary N) is 1. The van der Waals surface area contributed by atoms with Gasteiger partial charge in [0.15, 0.2) is 5.82 Å². The molecule has 3 aromatic rings. The second-order valence-corrected chi connectivity index (χ2v) is 4.07. The predicted molar refractivity (Wildman–Crippen MR) is 77.2 cm³/mol. The molecule has 0 bridgehead atoms. The van der Waals surface area contributed by atoms with Gasteiger partial charge in [0.05, 0.1) is 0 Å². The Hall–Kier alpha value is -3.02. The van der Waals surface area contributed by atoms with Gasteiger partial charge in [-0.15, -0.1) is 0 Å². The van der Waals surface area contributed by atoms with Crippen LogP contribution in [-0.4, -0.2) is 19.9 Å². The summed E-state index contributed by atoms with van der Waals surface area (Å²) in [6.07, 6.45) is 3.37. The molecule has 2 aromatic heterocycles. The summed E-state index contributed by atoms with van der Waals surface area (Å²) in [6.45, 7) is 0. The van der Waals surface area contributed by atoms with E-state index in [0.717, 1.165) is 11.3 Å². The van der Waals surface area contributed by atoms with E-state index in [1.54, 1.807) is 12.4 Å². The molecule has 0 saturated carbocycles. The van der Waals surface area contributed by atoms with Gasteiger partial charge < -0.3 is 11.1 Å². The number of nitrogens with zero attached hydrogens (tertiary/aromatic N) is 4. The monoisotopic (exact) mass is 264 g/mol. The number of aromatic nitrogens is 4. The molecule has 0 atom stereocenters. The second kappa shape index (κ2) is 5.31. The van der Waals surface area contributed by atoms with Gasteiger partial charge in [0, 0.05) is 23.6 Å². The molecule has 2 heterocycles. The first-order chi connectivity index (χ1) is 9.81. The van der Waals surface area contributed by atoms with Crippen LogP contribution in [-0.2, 0) is 0 Å². The van der Waals surface area contributed by atoms with Gasteiger partial charge in [-0.1, -0.05) is 18.2 Å². The normalized spacial score (nSPS) is 10.2. The zero-order chi connectivity index (χ0) is 13.8. The van der Waals surface area contributed by atoms with Crippen LogP contribution in [0.25, 0.3) is 11.4 Å². The lowest BCUT2D eigenvalue weighted by Crippen LogP contribution is -2.04. The molecule has 1 aromatic carbocycles. The fourth-order valence-electron chi connectivity index (χ4n) is 1.72. The Kier molecular flexibility index (Phi) is 3.20. The molecule has 0 spiro atoms. The fraction of sp³-hybridized carbons (Fsp3) is 0. The Morgan fingerprint density at radius 2 is 1.75 bits per heavy atom. The molecule has 3 rings (SSSR count). The molecule has 0 amide bonds. The van der Waals surface area contributed by atoms with Crippen LogP contribution in [0, 0.1) is 0 Å². The lowest BCUT2D eigenvalue weighted by atomic mass is 10.3. The van der Waals surface area contributed by atoms with Gasteiger partial charge in [0.25, 0.3) is 0 Å². The molecule has 6 heteroatoms. The summed E-state index contributed by atoms with van der Waals surface area (Å²) in [7, 11) is 0. The van der Waals surface area contributed by atoms with Gasteiger partial charge in [-0.2, -0.15) is 15.0 Å². The SMILES string of the molecule is Nc1nc(Nc2ccccc2)nc(-c2cccnc2)n1. The van der Waals surface area contributed by atoms with E-state index in [4.69, 9.17) is 5.73 Å². The molecule has 0 aliphatic carbocycles. The third-order valence-corrected chi connectivity index (χ3v) is 2.60. The molecule has 0 saturated heterocycles. The van der Waals surface area contributed by atoms with E-state index < -0.39 is 0 Å². The van der Waals surface area contributed by atoms with Crippen LogP contribution in [0.2, 0.25) is 0 Å². The lowest BCUT2D eigenvalue weighted by Gasteiger charge is -2.07. The van der Waals surface area contributed by atoms with Gasteiger partial charge in [-0.3, -0.25) is 4.98 Å². The van der Waals surface area contributed by atoms with Crippen molar-refractivity contribution in [2.75, 3.05) is 11.1 Å². The van der Waals surface area contributed by atoms with Crippen molar-refractivity contribution in [3.05, 3.63) is 54.9 Å². The van der Waals surface area contributed by atoms with Crippen molar-refractivity contribution in [2.24, 2.45) is 0 Å². The fourth-order valence-corrected chi connectivity index (χ4v) is 1.72. The summed E-state index contributed by atoms with van der Waals surface area (Å²) in [5.41, 5.74) is 7.40. The van der Waals surface area contributed by atoms with E-state index in [1.165, 1.54) is 0 Å². The van der Waals surface area contributed by atoms with Crippen LogP contribution < -0.4 is 11.1 Å². The summed E-state index contributed by atoms with van der Waals surface area (Å²) >= 11 is 0. The number of nitrogen functional groups attached to an aromatic ring is 1.